The minimum Gasteiger partial charge on any atom is -0.481 e. The fourth-order valence-corrected chi connectivity index (χ4v) is 1.52. The second-order valence-electron chi connectivity index (χ2n) is 4.03. The van der Waals surface area contributed by atoms with E-state index in [1.54, 1.807) is 24.0 Å². The SMILES string of the molecule is CCCC(CNC(=O)Nc1ccn(C)n1)C(=O)O. The first-order valence-electron chi connectivity index (χ1n) is 5.80. The molecule has 2 amide bonds. The van der Waals surface area contributed by atoms with Crippen LogP contribution in [-0.4, -0.2) is 33.4 Å². The van der Waals surface area contributed by atoms with Gasteiger partial charge in [0.25, 0.3) is 0 Å². The monoisotopic (exact) mass is 254 g/mol. The Morgan fingerprint density at radius 3 is 2.78 bits per heavy atom. The maximum Gasteiger partial charge on any atom is 0.320 e. The lowest BCUT2D eigenvalue weighted by molar-refractivity contribution is -0.141. The molecule has 0 saturated carbocycles. The number of hydrogen-bond acceptors (Lipinski definition) is 3. The Balaban J connectivity index is 2.38. The number of aliphatic carboxylic acids is 1. The maximum atomic E-state index is 11.5. The lowest BCUT2D eigenvalue weighted by Crippen LogP contribution is -2.35. The van der Waals surface area contributed by atoms with Gasteiger partial charge in [-0.15, -0.1) is 0 Å². The van der Waals surface area contributed by atoms with Crippen molar-refractivity contribution >= 4 is 17.8 Å². The Labute approximate surface area is 105 Å². The molecule has 1 aromatic heterocycles. The molecular weight excluding hydrogens is 236 g/mol. The molecule has 0 aliphatic carbocycles. The van der Waals surface area contributed by atoms with E-state index >= 15 is 0 Å². The van der Waals surface area contributed by atoms with Crippen molar-refractivity contribution in [1.82, 2.24) is 15.1 Å². The third kappa shape index (κ3) is 4.44. The van der Waals surface area contributed by atoms with Crippen LogP contribution in [0, 0.1) is 5.92 Å². The zero-order valence-electron chi connectivity index (χ0n) is 10.5. The molecule has 1 heterocycles. The van der Waals surface area contributed by atoms with Crippen LogP contribution in [0.15, 0.2) is 12.3 Å². The van der Waals surface area contributed by atoms with Crippen molar-refractivity contribution in [2.45, 2.75) is 19.8 Å². The van der Waals surface area contributed by atoms with Crippen LogP contribution in [0.2, 0.25) is 0 Å². The number of aromatic nitrogens is 2. The molecule has 7 heteroatoms. The Hall–Kier alpha value is -2.05. The molecule has 0 radical (unpaired) electrons. The molecule has 1 unspecified atom stereocenters. The van der Waals surface area contributed by atoms with Gasteiger partial charge in [0.2, 0.25) is 0 Å². The zero-order valence-corrected chi connectivity index (χ0v) is 10.5. The predicted octanol–water partition coefficient (Wildman–Crippen LogP) is 1.04. The van der Waals surface area contributed by atoms with Crippen LogP contribution in [0.25, 0.3) is 0 Å². The van der Waals surface area contributed by atoms with Crippen molar-refractivity contribution in [3.05, 3.63) is 12.3 Å². The number of carboxylic acid groups (broad SMARTS) is 1. The van der Waals surface area contributed by atoms with Gasteiger partial charge in [0.05, 0.1) is 5.92 Å². The van der Waals surface area contributed by atoms with E-state index in [4.69, 9.17) is 5.11 Å². The number of aryl methyl sites for hydroxylation is 1. The van der Waals surface area contributed by atoms with Crippen molar-refractivity contribution in [3.63, 3.8) is 0 Å². The summed E-state index contributed by atoms with van der Waals surface area (Å²) in [5.74, 6) is -1.02. The van der Waals surface area contributed by atoms with Gasteiger partial charge in [-0.25, -0.2) is 4.79 Å². The number of anilines is 1. The molecule has 100 valence electrons. The summed E-state index contributed by atoms with van der Waals surface area (Å²) in [5.41, 5.74) is 0. The largest absolute Gasteiger partial charge is 0.481 e. The highest BCUT2D eigenvalue weighted by molar-refractivity contribution is 5.88. The fourth-order valence-electron chi connectivity index (χ4n) is 1.52. The first-order chi connectivity index (χ1) is 8.52. The van der Waals surface area contributed by atoms with Gasteiger partial charge in [-0.3, -0.25) is 14.8 Å². The van der Waals surface area contributed by atoms with E-state index < -0.39 is 17.9 Å². The number of nitrogens with zero attached hydrogens (tertiary/aromatic N) is 2. The molecule has 0 fully saturated rings. The van der Waals surface area contributed by atoms with E-state index in [0.29, 0.717) is 12.2 Å². The second kappa shape index (κ2) is 6.63. The first-order valence-corrected chi connectivity index (χ1v) is 5.80. The summed E-state index contributed by atoms with van der Waals surface area (Å²) in [6.45, 7) is 2.02. The average molecular weight is 254 g/mol. The highest BCUT2D eigenvalue weighted by Gasteiger charge is 2.17. The lowest BCUT2D eigenvalue weighted by Gasteiger charge is -2.12. The van der Waals surface area contributed by atoms with Crippen LogP contribution in [0.1, 0.15) is 19.8 Å². The Bertz CT molecular complexity index is 416. The third-order valence-corrected chi connectivity index (χ3v) is 2.45. The molecule has 7 nitrogen and oxygen atoms in total. The molecule has 0 aliphatic heterocycles. The third-order valence-electron chi connectivity index (χ3n) is 2.45. The summed E-state index contributed by atoms with van der Waals surface area (Å²) < 4.78 is 1.56. The van der Waals surface area contributed by atoms with Gasteiger partial charge in [-0.05, 0) is 6.42 Å². The van der Waals surface area contributed by atoms with Crippen LogP contribution >= 0.6 is 0 Å². The summed E-state index contributed by atoms with van der Waals surface area (Å²) >= 11 is 0. The average Bonchev–Trinajstić information content (AvgIpc) is 2.69. The summed E-state index contributed by atoms with van der Waals surface area (Å²) in [4.78, 5) is 22.4. The number of rotatable bonds is 6. The van der Waals surface area contributed by atoms with Crippen molar-refractivity contribution in [2.75, 3.05) is 11.9 Å². The molecule has 0 aromatic carbocycles. The topological polar surface area (TPSA) is 96.3 Å². The van der Waals surface area contributed by atoms with E-state index in [9.17, 15) is 9.59 Å². The Morgan fingerprint density at radius 2 is 2.28 bits per heavy atom. The number of amides is 2. The predicted molar refractivity (Wildman–Crippen MR) is 66.3 cm³/mol. The molecule has 0 saturated heterocycles. The summed E-state index contributed by atoms with van der Waals surface area (Å²) in [7, 11) is 1.74. The quantitative estimate of drug-likeness (QED) is 0.706. The normalized spacial score (nSPS) is 11.9. The molecule has 1 rings (SSSR count). The summed E-state index contributed by atoms with van der Waals surface area (Å²) in [5, 5.41) is 18.0. The van der Waals surface area contributed by atoms with Crippen molar-refractivity contribution in [3.8, 4) is 0 Å². The van der Waals surface area contributed by atoms with Gasteiger partial charge in [-0.2, -0.15) is 5.10 Å². The Morgan fingerprint density at radius 1 is 1.56 bits per heavy atom. The standard InChI is InChI=1S/C11H18N4O3/c1-3-4-8(10(16)17)7-12-11(18)13-9-5-6-15(2)14-9/h5-6,8H,3-4,7H2,1-2H3,(H,16,17)(H2,12,13,14,18). The van der Waals surface area contributed by atoms with Crippen molar-refractivity contribution in [2.24, 2.45) is 13.0 Å². The molecule has 0 bridgehead atoms. The van der Waals surface area contributed by atoms with Gasteiger partial charge in [0.15, 0.2) is 5.82 Å². The van der Waals surface area contributed by atoms with Crippen molar-refractivity contribution < 1.29 is 14.7 Å². The molecule has 3 N–H and O–H groups in total. The van der Waals surface area contributed by atoms with Gasteiger partial charge in [0.1, 0.15) is 0 Å². The second-order valence-corrected chi connectivity index (χ2v) is 4.03. The van der Waals surface area contributed by atoms with Crippen LogP contribution in [-0.2, 0) is 11.8 Å². The number of carbonyl (C=O) groups excluding carboxylic acids is 1. The number of carbonyl (C=O) groups is 2. The Kier molecular flexibility index (Phi) is 5.16. The summed E-state index contributed by atoms with van der Waals surface area (Å²) in [6.07, 6.45) is 3.01. The molecule has 1 atom stereocenters. The van der Waals surface area contributed by atoms with Gasteiger partial charge in [-0.1, -0.05) is 13.3 Å². The molecule has 1 aromatic rings. The van der Waals surface area contributed by atoms with E-state index in [0.717, 1.165) is 6.42 Å². The minimum absolute atomic E-state index is 0.113. The first kappa shape index (κ1) is 14.0. The molecular formula is C11H18N4O3. The van der Waals surface area contributed by atoms with Gasteiger partial charge < -0.3 is 10.4 Å². The minimum atomic E-state index is -0.894. The highest BCUT2D eigenvalue weighted by atomic mass is 16.4. The number of nitrogens with one attached hydrogen (secondary N) is 2. The van der Waals surface area contributed by atoms with Crippen LogP contribution in [0.3, 0.4) is 0 Å². The number of hydrogen-bond donors (Lipinski definition) is 3. The summed E-state index contributed by atoms with van der Waals surface area (Å²) in [6, 6.07) is 1.20. The highest BCUT2D eigenvalue weighted by Crippen LogP contribution is 2.05. The van der Waals surface area contributed by atoms with E-state index in [1.165, 1.54) is 0 Å². The van der Waals surface area contributed by atoms with E-state index in [1.807, 2.05) is 6.92 Å². The van der Waals surface area contributed by atoms with E-state index in [-0.39, 0.29) is 6.54 Å². The number of carboxylic acids is 1. The smallest absolute Gasteiger partial charge is 0.320 e. The van der Waals surface area contributed by atoms with Crippen LogP contribution in [0.4, 0.5) is 10.6 Å². The maximum absolute atomic E-state index is 11.5. The lowest BCUT2D eigenvalue weighted by atomic mass is 10.0. The number of urea groups is 1. The van der Waals surface area contributed by atoms with Gasteiger partial charge >= 0.3 is 12.0 Å². The molecule has 0 aliphatic rings. The van der Waals surface area contributed by atoms with Gasteiger partial charge in [0, 0.05) is 25.9 Å². The van der Waals surface area contributed by atoms with E-state index in [2.05, 4.69) is 15.7 Å². The van der Waals surface area contributed by atoms with Crippen LogP contribution < -0.4 is 10.6 Å². The zero-order chi connectivity index (χ0) is 13.5. The molecule has 0 spiro atoms. The molecule has 18 heavy (non-hydrogen) atoms. The fraction of sp³-hybridized carbons (Fsp3) is 0.545. The van der Waals surface area contributed by atoms with Crippen molar-refractivity contribution in [1.29, 1.82) is 0 Å². The van der Waals surface area contributed by atoms with Crippen LogP contribution in [0.5, 0.6) is 0 Å².